The fourth-order valence-electron chi connectivity index (χ4n) is 1.92. The molecule has 1 aromatic carbocycles. The summed E-state index contributed by atoms with van der Waals surface area (Å²) in [5, 5.41) is 7.16. The van der Waals surface area contributed by atoms with Crippen LogP contribution in [0.15, 0.2) is 41.0 Å². The highest BCUT2D eigenvalue weighted by molar-refractivity contribution is 9.10. The number of halogens is 1. The molecule has 1 amide bonds. The standard InChI is InChI=1S/C16H20BrN3O3/c1-12(15(21)18-9-6-10-22-2)23-16-14(17)11-20(19-16)13-7-4-3-5-8-13/h3-5,7-8,11-12H,6,9-10H2,1-2H3,(H,18,21). The van der Waals surface area contributed by atoms with Gasteiger partial charge in [-0.25, -0.2) is 4.68 Å². The molecule has 23 heavy (non-hydrogen) atoms. The van der Waals surface area contributed by atoms with Crippen LogP contribution < -0.4 is 10.1 Å². The molecule has 1 heterocycles. The lowest BCUT2D eigenvalue weighted by atomic mass is 10.3. The normalized spacial score (nSPS) is 12.0. The van der Waals surface area contributed by atoms with Gasteiger partial charge < -0.3 is 14.8 Å². The summed E-state index contributed by atoms with van der Waals surface area (Å²) in [5.74, 6) is 0.204. The zero-order valence-electron chi connectivity index (χ0n) is 13.2. The summed E-state index contributed by atoms with van der Waals surface area (Å²) < 4.78 is 13.0. The average Bonchev–Trinajstić information content (AvgIpc) is 2.93. The van der Waals surface area contributed by atoms with E-state index in [0.29, 0.717) is 23.5 Å². The molecule has 2 aromatic rings. The van der Waals surface area contributed by atoms with E-state index < -0.39 is 6.10 Å². The van der Waals surface area contributed by atoms with Crippen LogP contribution in [0.5, 0.6) is 5.88 Å². The Morgan fingerprint density at radius 3 is 2.83 bits per heavy atom. The molecule has 0 radical (unpaired) electrons. The summed E-state index contributed by atoms with van der Waals surface area (Å²) >= 11 is 3.41. The highest BCUT2D eigenvalue weighted by atomic mass is 79.9. The van der Waals surface area contributed by atoms with E-state index >= 15 is 0 Å². The molecular formula is C16H20BrN3O3. The van der Waals surface area contributed by atoms with Gasteiger partial charge >= 0.3 is 0 Å². The molecule has 124 valence electrons. The Morgan fingerprint density at radius 2 is 2.13 bits per heavy atom. The first-order valence-electron chi connectivity index (χ1n) is 7.35. The number of methoxy groups -OCH3 is 1. The monoisotopic (exact) mass is 381 g/mol. The zero-order valence-corrected chi connectivity index (χ0v) is 14.7. The van der Waals surface area contributed by atoms with Crippen molar-refractivity contribution in [1.82, 2.24) is 15.1 Å². The van der Waals surface area contributed by atoms with Gasteiger partial charge in [-0.1, -0.05) is 18.2 Å². The minimum absolute atomic E-state index is 0.178. The molecule has 0 fully saturated rings. The van der Waals surface area contributed by atoms with E-state index in [9.17, 15) is 4.79 Å². The lowest BCUT2D eigenvalue weighted by molar-refractivity contribution is -0.127. The quantitative estimate of drug-likeness (QED) is 0.713. The van der Waals surface area contributed by atoms with Gasteiger partial charge in [-0.05, 0) is 41.4 Å². The van der Waals surface area contributed by atoms with Crippen molar-refractivity contribution in [3.05, 3.63) is 41.0 Å². The number of hydrogen-bond acceptors (Lipinski definition) is 4. The molecule has 6 nitrogen and oxygen atoms in total. The zero-order chi connectivity index (χ0) is 16.7. The first-order chi connectivity index (χ1) is 11.1. The molecule has 0 aliphatic rings. The van der Waals surface area contributed by atoms with Crippen molar-refractivity contribution in [3.8, 4) is 11.6 Å². The van der Waals surface area contributed by atoms with Gasteiger partial charge in [0.05, 0.1) is 10.2 Å². The predicted molar refractivity (Wildman–Crippen MR) is 90.9 cm³/mol. The van der Waals surface area contributed by atoms with Gasteiger partial charge in [0.25, 0.3) is 5.91 Å². The number of hydrogen-bond donors (Lipinski definition) is 1. The maximum Gasteiger partial charge on any atom is 0.260 e. The van der Waals surface area contributed by atoms with Crippen LogP contribution in [0, 0.1) is 0 Å². The fraction of sp³-hybridized carbons (Fsp3) is 0.375. The number of ether oxygens (including phenoxy) is 2. The van der Waals surface area contributed by atoms with E-state index in [-0.39, 0.29) is 5.91 Å². The predicted octanol–water partition coefficient (Wildman–Crippen LogP) is 2.55. The number of benzene rings is 1. The van der Waals surface area contributed by atoms with Gasteiger partial charge in [0, 0.05) is 26.5 Å². The maximum absolute atomic E-state index is 12.0. The Hall–Kier alpha value is -1.86. The van der Waals surface area contributed by atoms with E-state index in [1.165, 1.54) is 0 Å². The Bertz CT molecular complexity index is 631. The lowest BCUT2D eigenvalue weighted by Gasteiger charge is -2.13. The maximum atomic E-state index is 12.0. The first-order valence-corrected chi connectivity index (χ1v) is 8.15. The molecule has 0 bridgehead atoms. The van der Waals surface area contributed by atoms with E-state index in [1.54, 1.807) is 24.9 Å². The molecular weight excluding hydrogens is 362 g/mol. The molecule has 7 heteroatoms. The van der Waals surface area contributed by atoms with Gasteiger partial charge in [0.2, 0.25) is 5.88 Å². The second kappa shape index (κ2) is 8.69. The molecule has 0 saturated heterocycles. The summed E-state index contributed by atoms with van der Waals surface area (Å²) in [5.41, 5.74) is 0.916. The SMILES string of the molecule is COCCCNC(=O)C(C)Oc1nn(-c2ccccc2)cc1Br. The summed E-state index contributed by atoms with van der Waals surface area (Å²) in [7, 11) is 1.63. The van der Waals surface area contributed by atoms with Crippen molar-refractivity contribution in [2.75, 3.05) is 20.3 Å². The van der Waals surface area contributed by atoms with Crippen LogP contribution in [0.4, 0.5) is 0 Å². The molecule has 0 saturated carbocycles. The minimum atomic E-state index is -0.632. The van der Waals surface area contributed by atoms with Crippen molar-refractivity contribution in [1.29, 1.82) is 0 Å². The van der Waals surface area contributed by atoms with Crippen LogP contribution in [0.2, 0.25) is 0 Å². The molecule has 1 N–H and O–H groups in total. The Morgan fingerprint density at radius 1 is 1.39 bits per heavy atom. The highest BCUT2D eigenvalue weighted by Gasteiger charge is 2.18. The largest absolute Gasteiger partial charge is 0.463 e. The van der Waals surface area contributed by atoms with E-state index in [0.717, 1.165) is 12.1 Å². The van der Waals surface area contributed by atoms with Crippen LogP contribution in [-0.4, -0.2) is 42.1 Å². The first kappa shape index (κ1) is 17.5. The minimum Gasteiger partial charge on any atom is -0.463 e. The van der Waals surface area contributed by atoms with Crippen molar-refractivity contribution in [2.24, 2.45) is 0 Å². The van der Waals surface area contributed by atoms with E-state index in [2.05, 4.69) is 26.3 Å². The van der Waals surface area contributed by atoms with E-state index in [1.807, 2.05) is 30.3 Å². The van der Waals surface area contributed by atoms with Gasteiger partial charge in [-0.15, -0.1) is 5.10 Å². The van der Waals surface area contributed by atoms with Gasteiger partial charge in [0.15, 0.2) is 6.10 Å². The number of nitrogens with one attached hydrogen (secondary N) is 1. The number of nitrogens with zero attached hydrogens (tertiary/aromatic N) is 2. The third-order valence-electron chi connectivity index (χ3n) is 3.14. The Balaban J connectivity index is 1.95. The lowest BCUT2D eigenvalue weighted by Crippen LogP contribution is -2.37. The number of rotatable bonds is 8. The summed E-state index contributed by atoms with van der Waals surface area (Å²) in [4.78, 5) is 12.0. The Labute approximate surface area is 143 Å². The molecule has 1 aromatic heterocycles. The van der Waals surface area contributed by atoms with Crippen LogP contribution >= 0.6 is 15.9 Å². The number of carbonyl (C=O) groups excluding carboxylic acids is 1. The number of amides is 1. The van der Waals surface area contributed by atoms with Gasteiger partial charge in [0.1, 0.15) is 0 Å². The topological polar surface area (TPSA) is 65.4 Å². The van der Waals surface area contributed by atoms with Crippen molar-refractivity contribution in [3.63, 3.8) is 0 Å². The second-order valence-corrected chi connectivity index (χ2v) is 5.81. The second-order valence-electron chi connectivity index (χ2n) is 4.96. The average molecular weight is 382 g/mol. The van der Waals surface area contributed by atoms with Crippen molar-refractivity contribution in [2.45, 2.75) is 19.4 Å². The summed E-state index contributed by atoms with van der Waals surface area (Å²) in [6.45, 7) is 2.86. The van der Waals surface area contributed by atoms with Crippen molar-refractivity contribution >= 4 is 21.8 Å². The number of aromatic nitrogens is 2. The van der Waals surface area contributed by atoms with Crippen LogP contribution in [-0.2, 0) is 9.53 Å². The third-order valence-corrected chi connectivity index (χ3v) is 3.69. The molecule has 0 aliphatic heterocycles. The fourth-order valence-corrected chi connectivity index (χ4v) is 2.29. The van der Waals surface area contributed by atoms with E-state index in [4.69, 9.17) is 9.47 Å². The van der Waals surface area contributed by atoms with Crippen LogP contribution in [0.25, 0.3) is 5.69 Å². The highest BCUT2D eigenvalue weighted by Crippen LogP contribution is 2.25. The molecule has 0 aliphatic carbocycles. The third kappa shape index (κ3) is 5.07. The summed E-state index contributed by atoms with van der Waals surface area (Å²) in [6, 6.07) is 9.68. The van der Waals surface area contributed by atoms with Crippen LogP contribution in [0.1, 0.15) is 13.3 Å². The Kier molecular flexibility index (Phi) is 6.61. The molecule has 1 atom stereocenters. The van der Waals surface area contributed by atoms with Crippen molar-refractivity contribution < 1.29 is 14.3 Å². The molecule has 1 unspecified atom stereocenters. The summed E-state index contributed by atoms with van der Waals surface area (Å²) in [6.07, 6.45) is 1.93. The number of para-hydroxylation sites is 1. The van der Waals surface area contributed by atoms with Gasteiger partial charge in [-0.3, -0.25) is 4.79 Å². The molecule has 0 spiro atoms. The van der Waals surface area contributed by atoms with Crippen LogP contribution in [0.3, 0.4) is 0 Å². The smallest absolute Gasteiger partial charge is 0.260 e. The molecule has 2 rings (SSSR count). The number of carbonyl (C=O) groups is 1. The van der Waals surface area contributed by atoms with Gasteiger partial charge in [-0.2, -0.15) is 0 Å².